The summed E-state index contributed by atoms with van der Waals surface area (Å²) in [6.45, 7) is 0.0349. The van der Waals surface area contributed by atoms with Crippen LogP contribution in [0, 0.1) is 0 Å². The molecular weight excluding hydrogens is 428 g/mol. The second-order valence-corrected chi connectivity index (χ2v) is 8.59. The van der Waals surface area contributed by atoms with Crippen molar-refractivity contribution in [1.82, 2.24) is 10.2 Å². The summed E-state index contributed by atoms with van der Waals surface area (Å²) in [5, 5.41) is 9.20. The SMILES string of the molecule is CN(C)C(=O)c1ccc(NCC(=O)Nc2ccc(Cl)c(C(=O)NC3CCCCC3)c2)cc1. The molecule has 32 heavy (non-hydrogen) atoms. The molecule has 1 fully saturated rings. The normalized spacial score (nSPS) is 13.8. The number of halogens is 1. The van der Waals surface area contributed by atoms with Crippen molar-refractivity contribution in [3.8, 4) is 0 Å². The van der Waals surface area contributed by atoms with Crippen molar-refractivity contribution in [2.24, 2.45) is 0 Å². The molecule has 0 atom stereocenters. The van der Waals surface area contributed by atoms with E-state index >= 15 is 0 Å². The quantitative estimate of drug-likeness (QED) is 0.583. The van der Waals surface area contributed by atoms with Gasteiger partial charge in [0.2, 0.25) is 5.91 Å². The van der Waals surface area contributed by atoms with Crippen molar-refractivity contribution >= 4 is 40.7 Å². The van der Waals surface area contributed by atoms with Gasteiger partial charge in [0.05, 0.1) is 17.1 Å². The number of nitrogens with one attached hydrogen (secondary N) is 3. The van der Waals surface area contributed by atoms with Gasteiger partial charge in [0.15, 0.2) is 0 Å². The topological polar surface area (TPSA) is 90.5 Å². The molecule has 0 heterocycles. The lowest BCUT2D eigenvalue weighted by Gasteiger charge is -2.23. The third-order valence-electron chi connectivity index (χ3n) is 5.43. The maximum Gasteiger partial charge on any atom is 0.253 e. The molecular formula is C24H29ClN4O3. The number of rotatable bonds is 7. The number of anilines is 2. The van der Waals surface area contributed by atoms with Gasteiger partial charge in [0.25, 0.3) is 11.8 Å². The second kappa shape index (κ2) is 11.0. The molecule has 2 aromatic carbocycles. The lowest BCUT2D eigenvalue weighted by Crippen LogP contribution is -2.36. The molecule has 0 aliphatic heterocycles. The van der Waals surface area contributed by atoms with Crippen LogP contribution in [0.5, 0.6) is 0 Å². The molecule has 1 aliphatic rings. The van der Waals surface area contributed by atoms with Crippen LogP contribution in [0.3, 0.4) is 0 Å². The fourth-order valence-electron chi connectivity index (χ4n) is 3.66. The molecule has 0 bridgehead atoms. The first-order valence-electron chi connectivity index (χ1n) is 10.8. The van der Waals surface area contributed by atoms with Gasteiger partial charge in [-0.1, -0.05) is 30.9 Å². The van der Waals surface area contributed by atoms with Gasteiger partial charge in [-0.2, -0.15) is 0 Å². The average Bonchev–Trinajstić information content (AvgIpc) is 2.79. The molecule has 1 saturated carbocycles. The van der Waals surface area contributed by atoms with Gasteiger partial charge >= 0.3 is 0 Å². The molecule has 0 radical (unpaired) electrons. The van der Waals surface area contributed by atoms with E-state index in [0.717, 1.165) is 31.4 Å². The molecule has 0 unspecified atom stereocenters. The van der Waals surface area contributed by atoms with E-state index < -0.39 is 0 Å². The predicted octanol–water partition coefficient (Wildman–Crippen LogP) is 4.15. The van der Waals surface area contributed by atoms with E-state index in [2.05, 4.69) is 16.0 Å². The van der Waals surface area contributed by atoms with Crippen LogP contribution in [0.4, 0.5) is 11.4 Å². The maximum atomic E-state index is 12.7. The molecule has 0 aromatic heterocycles. The molecule has 170 valence electrons. The third kappa shape index (κ3) is 6.47. The van der Waals surface area contributed by atoms with Crippen molar-refractivity contribution in [1.29, 1.82) is 0 Å². The zero-order chi connectivity index (χ0) is 23.1. The Hall–Kier alpha value is -3.06. The minimum absolute atomic E-state index is 0.0349. The van der Waals surface area contributed by atoms with Crippen LogP contribution < -0.4 is 16.0 Å². The van der Waals surface area contributed by atoms with Crippen LogP contribution in [0.2, 0.25) is 5.02 Å². The van der Waals surface area contributed by atoms with E-state index in [4.69, 9.17) is 11.6 Å². The zero-order valence-corrected chi connectivity index (χ0v) is 19.2. The minimum Gasteiger partial charge on any atom is -0.376 e. The van der Waals surface area contributed by atoms with E-state index in [1.807, 2.05) is 0 Å². The number of hydrogen-bond donors (Lipinski definition) is 3. The molecule has 3 N–H and O–H groups in total. The van der Waals surface area contributed by atoms with Crippen LogP contribution in [0.15, 0.2) is 42.5 Å². The molecule has 3 rings (SSSR count). The first-order valence-corrected chi connectivity index (χ1v) is 11.2. The fraction of sp³-hybridized carbons (Fsp3) is 0.375. The number of nitrogens with zero attached hydrogens (tertiary/aromatic N) is 1. The molecule has 1 aliphatic carbocycles. The van der Waals surface area contributed by atoms with Crippen molar-refractivity contribution in [2.45, 2.75) is 38.1 Å². The van der Waals surface area contributed by atoms with E-state index in [1.165, 1.54) is 11.3 Å². The molecule has 7 nitrogen and oxygen atoms in total. The van der Waals surface area contributed by atoms with E-state index in [0.29, 0.717) is 21.8 Å². The molecule has 3 amide bonds. The highest BCUT2D eigenvalue weighted by atomic mass is 35.5. The Kier molecular flexibility index (Phi) is 8.11. The Labute approximate surface area is 193 Å². The van der Waals surface area contributed by atoms with Gasteiger partial charge in [0.1, 0.15) is 0 Å². The second-order valence-electron chi connectivity index (χ2n) is 8.18. The monoisotopic (exact) mass is 456 g/mol. The van der Waals surface area contributed by atoms with Gasteiger partial charge in [-0.15, -0.1) is 0 Å². The number of carbonyl (C=O) groups is 3. The van der Waals surface area contributed by atoms with Gasteiger partial charge in [-0.25, -0.2) is 0 Å². The fourth-order valence-corrected chi connectivity index (χ4v) is 3.87. The lowest BCUT2D eigenvalue weighted by molar-refractivity contribution is -0.114. The van der Waals surface area contributed by atoms with Crippen molar-refractivity contribution in [3.05, 3.63) is 58.6 Å². The van der Waals surface area contributed by atoms with Gasteiger partial charge < -0.3 is 20.9 Å². The van der Waals surface area contributed by atoms with Gasteiger partial charge in [0, 0.05) is 37.1 Å². The largest absolute Gasteiger partial charge is 0.376 e. The molecule has 0 saturated heterocycles. The van der Waals surface area contributed by atoms with Crippen LogP contribution in [-0.2, 0) is 4.79 Å². The smallest absolute Gasteiger partial charge is 0.253 e. The summed E-state index contributed by atoms with van der Waals surface area (Å²) in [7, 11) is 3.39. The first-order chi connectivity index (χ1) is 15.3. The Morgan fingerprint density at radius 3 is 2.28 bits per heavy atom. The van der Waals surface area contributed by atoms with Gasteiger partial charge in [-0.3, -0.25) is 14.4 Å². The highest BCUT2D eigenvalue weighted by molar-refractivity contribution is 6.34. The zero-order valence-electron chi connectivity index (χ0n) is 18.4. The standard InChI is InChI=1S/C24H29ClN4O3/c1-29(2)24(32)16-8-10-17(11-9-16)26-15-22(30)27-19-12-13-21(25)20(14-19)23(31)28-18-6-4-3-5-7-18/h8-14,18,26H,3-7,15H2,1-2H3,(H,27,30)(H,28,31). The highest BCUT2D eigenvalue weighted by Crippen LogP contribution is 2.23. The predicted molar refractivity (Wildman–Crippen MR) is 127 cm³/mol. The van der Waals surface area contributed by atoms with Crippen molar-refractivity contribution < 1.29 is 14.4 Å². The van der Waals surface area contributed by atoms with Crippen LogP contribution in [0.1, 0.15) is 52.8 Å². The summed E-state index contributed by atoms with van der Waals surface area (Å²) in [5.41, 5.74) is 2.15. The number of hydrogen-bond acceptors (Lipinski definition) is 4. The van der Waals surface area contributed by atoms with Crippen molar-refractivity contribution in [3.63, 3.8) is 0 Å². The molecule has 8 heteroatoms. The Bertz CT molecular complexity index is 970. The van der Waals surface area contributed by atoms with Crippen molar-refractivity contribution in [2.75, 3.05) is 31.3 Å². The van der Waals surface area contributed by atoms with E-state index in [-0.39, 0.29) is 30.3 Å². The summed E-state index contributed by atoms with van der Waals surface area (Å²) in [4.78, 5) is 38.5. The van der Waals surface area contributed by atoms with Crippen LogP contribution in [0.25, 0.3) is 0 Å². The van der Waals surface area contributed by atoms with E-state index in [1.54, 1.807) is 56.6 Å². The minimum atomic E-state index is -0.264. The average molecular weight is 457 g/mol. The first kappa shape index (κ1) is 23.6. The number of carbonyl (C=O) groups excluding carboxylic acids is 3. The summed E-state index contributed by atoms with van der Waals surface area (Å²) >= 11 is 6.23. The Balaban J connectivity index is 1.55. The lowest BCUT2D eigenvalue weighted by atomic mass is 9.95. The van der Waals surface area contributed by atoms with Crippen LogP contribution >= 0.6 is 11.6 Å². The van der Waals surface area contributed by atoms with Crippen LogP contribution in [-0.4, -0.2) is 49.3 Å². The highest BCUT2D eigenvalue weighted by Gasteiger charge is 2.19. The third-order valence-corrected chi connectivity index (χ3v) is 5.76. The molecule has 0 spiro atoms. The molecule has 2 aromatic rings. The Morgan fingerprint density at radius 2 is 1.62 bits per heavy atom. The summed E-state index contributed by atoms with van der Waals surface area (Å²) in [6.07, 6.45) is 5.42. The number of amides is 3. The summed E-state index contributed by atoms with van der Waals surface area (Å²) < 4.78 is 0. The maximum absolute atomic E-state index is 12.7. The van der Waals surface area contributed by atoms with Gasteiger partial charge in [-0.05, 0) is 55.3 Å². The summed E-state index contributed by atoms with van der Waals surface area (Å²) in [6, 6.07) is 12.0. The number of benzene rings is 2. The van der Waals surface area contributed by atoms with E-state index in [9.17, 15) is 14.4 Å². The Morgan fingerprint density at radius 1 is 0.969 bits per heavy atom. The summed E-state index contributed by atoms with van der Waals surface area (Å²) in [5.74, 6) is -0.566.